The van der Waals surface area contributed by atoms with Crippen LogP contribution in [0.5, 0.6) is 0 Å². The van der Waals surface area contributed by atoms with Gasteiger partial charge in [0.15, 0.2) is 0 Å². The fourth-order valence-corrected chi connectivity index (χ4v) is 2.73. The van der Waals surface area contributed by atoms with Crippen LogP contribution < -0.4 is 5.32 Å². The Hall–Kier alpha value is -1.36. The maximum Gasteiger partial charge on any atom is 0.240 e. The molecule has 1 aliphatic heterocycles. The third-order valence-electron chi connectivity index (χ3n) is 4.22. The first-order chi connectivity index (χ1) is 9.45. The molecule has 1 aromatic heterocycles. The molecule has 0 saturated carbocycles. The Balaban J connectivity index is 2.05. The van der Waals surface area contributed by atoms with Gasteiger partial charge in [-0.25, -0.2) is 4.98 Å². The number of nitrogens with one attached hydrogen (secondary N) is 2. The van der Waals surface area contributed by atoms with Crippen molar-refractivity contribution < 1.29 is 4.79 Å². The summed E-state index contributed by atoms with van der Waals surface area (Å²) in [4.78, 5) is 22.4. The van der Waals surface area contributed by atoms with Gasteiger partial charge < -0.3 is 10.3 Å². The summed E-state index contributed by atoms with van der Waals surface area (Å²) < 4.78 is 0. The molecule has 1 aliphatic rings. The Morgan fingerprint density at radius 3 is 2.65 bits per heavy atom. The summed E-state index contributed by atoms with van der Waals surface area (Å²) in [5.74, 6) is 0.927. The van der Waals surface area contributed by atoms with Crippen LogP contribution in [0.3, 0.4) is 0 Å². The van der Waals surface area contributed by atoms with Crippen molar-refractivity contribution in [3.63, 3.8) is 0 Å². The SMILES string of the molecule is CC[C@@H](NC(=O)C(C)(C)N1CCCC1)c1ncc(C)[nH]1. The number of imidazole rings is 1. The molecule has 1 fully saturated rings. The molecule has 112 valence electrons. The van der Waals surface area contributed by atoms with E-state index in [-0.39, 0.29) is 11.9 Å². The van der Waals surface area contributed by atoms with Crippen LogP contribution in [-0.2, 0) is 4.79 Å². The molecule has 1 aromatic rings. The summed E-state index contributed by atoms with van der Waals surface area (Å²) in [5, 5.41) is 3.14. The third kappa shape index (κ3) is 3.03. The van der Waals surface area contributed by atoms with Crippen molar-refractivity contribution in [2.75, 3.05) is 13.1 Å². The normalized spacial score (nSPS) is 18.2. The van der Waals surface area contributed by atoms with E-state index in [1.807, 2.05) is 20.8 Å². The molecular formula is C15H26N4O. The number of aryl methyl sites for hydroxylation is 1. The molecular weight excluding hydrogens is 252 g/mol. The highest BCUT2D eigenvalue weighted by molar-refractivity contribution is 5.85. The molecule has 2 N–H and O–H groups in total. The maximum absolute atomic E-state index is 12.6. The van der Waals surface area contributed by atoms with E-state index in [1.165, 1.54) is 12.8 Å². The molecule has 2 rings (SSSR count). The second kappa shape index (κ2) is 5.95. The summed E-state index contributed by atoms with van der Waals surface area (Å²) in [6, 6.07) is -0.0434. The summed E-state index contributed by atoms with van der Waals surface area (Å²) in [7, 11) is 0. The standard InChI is InChI=1S/C15H26N4O/c1-5-12(13-16-10-11(2)17-13)18-14(20)15(3,4)19-8-6-7-9-19/h10,12H,5-9H2,1-4H3,(H,16,17)(H,18,20)/t12-/m1/s1. The quantitative estimate of drug-likeness (QED) is 0.867. The Bertz CT molecular complexity index is 460. The second-order valence-corrected chi connectivity index (χ2v) is 6.14. The van der Waals surface area contributed by atoms with Gasteiger partial charge in [-0.15, -0.1) is 0 Å². The van der Waals surface area contributed by atoms with E-state index < -0.39 is 5.54 Å². The molecule has 0 radical (unpaired) electrons. The highest BCUT2D eigenvalue weighted by Crippen LogP contribution is 2.23. The lowest BCUT2D eigenvalue weighted by molar-refractivity contribution is -0.132. The number of hydrogen-bond acceptors (Lipinski definition) is 3. The maximum atomic E-state index is 12.6. The molecule has 2 heterocycles. The van der Waals surface area contributed by atoms with Crippen LogP contribution >= 0.6 is 0 Å². The predicted molar refractivity (Wildman–Crippen MR) is 79.4 cm³/mol. The van der Waals surface area contributed by atoms with Gasteiger partial charge in [0.2, 0.25) is 5.91 Å². The van der Waals surface area contributed by atoms with Crippen LogP contribution in [0, 0.1) is 6.92 Å². The van der Waals surface area contributed by atoms with Crippen LogP contribution in [0.4, 0.5) is 0 Å². The van der Waals surface area contributed by atoms with E-state index in [0.717, 1.165) is 31.0 Å². The van der Waals surface area contributed by atoms with Gasteiger partial charge in [-0.05, 0) is 53.1 Å². The zero-order valence-corrected chi connectivity index (χ0v) is 13.0. The molecule has 5 nitrogen and oxygen atoms in total. The lowest BCUT2D eigenvalue weighted by Gasteiger charge is -2.35. The highest BCUT2D eigenvalue weighted by atomic mass is 16.2. The van der Waals surface area contributed by atoms with E-state index in [2.05, 4.69) is 27.1 Å². The molecule has 0 aromatic carbocycles. The molecule has 0 aliphatic carbocycles. The first-order valence-electron chi connectivity index (χ1n) is 7.52. The van der Waals surface area contributed by atoms with Crippen LogP contribution in [0.2, 0.25) is 0 Å². The summed E-state index contributed by atoms with van der Waals surface area (Å²) in [6.45, 7) is 10.1. The van der Waals surface area contributed by atoms with Gasteiger partial charge in [0, 0.05) is 11.9 Å². The Kier molecular flexibility index (Phi) is 4.48. The number of rotatable bonds is 5. The fourth-order valence-electron chi connectivity index (χ4n) is 2.73. The molecule has 1 saturated heterocycles. The summed E-state index contributed by atoms with van der Waals surface area (Å²) in [5.41, 5.74) is 0.567. The molecule has 1 atom stereocenters. The van der Waals surface area contributed by atoms with Gasteiger partial charge in [0.25, 0.3) is 0 Å². The van der Waals surface area contributed by atoms with E-state index in [4.69, 9.17) is 0 Å². The number of nitrogens with zero attached hydrogens (tertiary/aromatic N) is 2. The van der Waals surface area contributed by atoms with Crippen LogP contribution in [0.1, 0.15) is 57.6 Å². The zero-order valence-electron chi connectivity index (χ0n) is 13.0. The number of carbonyl (C=O) groups excluding carboxylic acids is 1. The average molecular weight is 278 g/mol. The van der Waals surface area contributed by atoms with Crippen molar-refractivity contribution in [2.24, 2.45) is 0 Å². The Morgan fingerprint density at radius 1 is 1.50 bits per heavy atom. The molecule has 20 heavy (non-hydrogen) atoms. The lowest BCUT2D eigenvalue weighted by Crippen LogP contribution is -2.54. The van der Waals surface area contributed by atoms with Crippen molar-refractivity contribution >= 4 is 5.91 Å². The van der Waals surface area contributed by atoms with Crippen LogP contribution in [0.15, 0.2) is 6.20 Å². The van der Waals surface area contributed by atoms with Gasteiger partial charge in [0.05, 0.1) is 11.6 Å². The average Bonchev–Trinajstić information content (AvgIpc) is 3.06. The van der Waals surface area contributed by atoms with Crippen LogP contribution in [0.25, 0.3) is 0 Å². The molecule has 1 amide bonds. The number of hydrogen-bond donors (Lipinski definition) is 2. The van der Waals surface area contributed by atoms with Crippen molar-refractivity contribution in [3.05, 3.63) is 17.7 Å². The minimum atomic E-state index is -0.453. The first kappa shape index (κ1) is 15.0. The highest BCUT2D eigenvalue weighted by Gasteiger charge is 2.37. The fraction of sp³-hybridized carbons (Fsp3) is 0.733. The number of amides is 1. The minimum Gasteiger partial charge on any atom is -0.345 e. The number of likely N-dealkylation sites (tertiary alicyclic amines) is 1. The molecule has 5 heteroatoms. The van der Waals surface area contributed by atoms with Gasteiger partial charge in [-0.3, -0.25) is 9.69 Å². The zero-order chi connectivity index (χ0) is 14.8. The topological polar surface area (TPSA) is 61.0 Å². The van der Waals surface area contributed by atoms with Gasteiger partial charge >= 0.3 is 0 Å². The van der Waals surface area contributed by atoms with Gasteiger partial charge in [0.1, 0.15) is 5.82 Å². The van der Waals surface area contributed by atoms with Crippen molar-refractivity contribution in [3.8, 4) is 0 Å². The minimum absolute atomic E-state index is 0.0434. The Morgan fingerprint density at radius 2 is 2.15 bits per heavy atom. The van der Waals surface area contributed by atoms with E-state index in [0.29, 0.717) is 0 Å². The van der Waals surface area contributed by atoms with E-state index in [9.17, 15) is 4.79 Å². The van der Waals surface area contributed by atoms with E-state index >= 15 is 0 Å². The van der Waals surface area contributed by atoms with Crippen molar-refractivity contribution in [1.29, 1.82) is 0 Å². The number of H-pyrrole nitrogens is 1. The van der Waals surface area contributed by atoms with Gasteiger partial charge in [-0.1, -0.05) is 6.92 Å². The number of aromatic nitrogens is 2. The molecule has 0 bridgehead atoms. The Labute approximate surface area is 121 Å². The van der Waals surface area contributed by atoms with E-state index in [1.54, 1.807) is 6.20 Å². The van der Waals surface area contributed by atoms with Crippen LogP contribution in [-0.4, -0.2) is 39.4 Å². The lowest BCUT2D eigenvalue weighted by atomic mass is 10.0. The third-order valence-corrected chi connectivity index (χ3v) is 4.22. The largest absolute Gasteiger partial charge is 0.345 e. The monoisotopic (exact) mass is 278 g/mol. The van der Waals surface area contributed by atoms with Crippen molar-refractivity contribution in [2.45, 2.75) is 58.5 Å². The smallest absolute Gasteiger partial charge is 0.240 e. The predicted octanol–water partition coefficient (Wildman–Crippen LogP) is 2.16. The first-order valence-corrected chi connectivity index (χ1v) is 7.52. The number of carbonyl (C=O) groups is 1. The number of aromatic amines is 1. The molecule has 0 spiro atoms. The van der Waals surface area contributed by atoms with Gasteiger partial charge in [-0.2, -0.15) is 0 Å². The molecule has 0 unspecified atom stereocenters. The second-order valence-electron chi connectivity index (χ2n) is 6.14. The summed E-state index contributed by atoms with van der Waals surface area (Å²) in [6.07, 6.45) is 5.00. The summed E-state index contributed by atoms with van der Waals surface area (Å²) >= 11 is 0. The van der Waals surface area contributed by atoms with Crippen molar-refractivity contribution in [1.82, 2.24) is 20.2 Å².